The number of nitrogens with one attached hydrogen (secondary N) is 1. The first-order valence-corrected chi connectivity index (χ1v) is 8.93. The number of rotatable bonds is 7. The minimum absolute atomic E-state index is 0.135. The van der Waals surface area contributed by atoms with Crippen molar-refractivity contribution in [2.24, 2.45) is 0 Å². The Labute approximate surface area is 151 Å². The SMILES string of the molecule is CC[S@](=O)c1ccccc1C(=O)OCC(=O)Nc1cccc([N+](=O)[O-])c1. The van der Waals surface area contributed by atoms with E-state index in [2.05, 4.69) is 5.32 Å². The van der Waals surface area contributed by atoms with Crippen LogP contribution in [0.4, 0.5) is 11.4 Å². The zero-order valence-electron chi connectivity index (χ0n) is 13.8. The van der Waals surface area contributed by atoms with Crippen LogP contribution in [0.5, 0.6) is 0 Å². The molecule has 1 amide bonds. The van der Waals surface area contributed by atoms with Crippen LogP contribution in [-0.4, -0.2) is 33.4 Å². The molecule has 1 N–H and O–H groups in total. The van der Waals surface area contributed by atoms with E-state index < -0.39 is 34.2 Å². The van der Waals surface area contributed by atoms with Crippen molar-refractivity contribution in [3.63, 3.8) is 0 Å². The summed E-state index contributed by atoms with van der Waals surface area (Å²) in [6, 6.07) is 11.7. The second-order valence-corrected chi connectivity index (χ2v) is 6.77. The normalized spacial score (nSPS) is 11.4. The number of nitro groups is 1. The smallest absolute Gasteiger partial charge is 0.339 e. The highest BCUT2D eigenvalue weighted by molar-refractivity contribution is 7.85. The van der Waals surface area contributed by atoms with Crippen LogP contribution in [0, 0.1) is 10.1 Å². The number of hydrogen-bond acceptors (Lipinski definition) is 6. The molecule has 0 saturated heterocycles. The third-order valence-electron chi connectivity index (χ3n) is 3.29. The molecule has 0 unspecified atom stereocenters. The summed E-state index contributed by atoms with van der Waals surface area (Å²) >= 11 is 0. The molecule has 0 heterocycles. The molecule has 0 aliphatic rings. The van der Waals surface area contributed by atoms with Crippen molar-refractivity contribution in [2.45, 2.75) is 11.8 Å². The van der Waals surface area contributed by atoms with Gasteiger partial charge < -0.3 is 10.1 Å². The lowest BCUT2D eigenvalue weighted by molar-refractivity contribution is -0.384. The fraction of sp³-hybridized carbons (Fsp3) is 0.176. The molecule has 0 aliphatic carbocycles. The van der Waals surface area contributed by atoms with Gasteiger partial charge in [0.05, 0.1) is 26.2 Å². The standard InChI is InChI=1S/C17H16N2O6S/c1-2-26(24)15-9-4-3-8-14(15)17(21)25-11-16(20)18-12-6-5-7-13(10-12)19(22)23/h3-10H,2,11H2,1H3,(H,18,20)/t26-/m0/s1. The van der Waals surface area contributed by atoms with Crippen LogP contribution in [0.1, 0.15) is 17.3 Å². The average molecular weight is 376 g/mol. The van der Waals surface area contributed by atoms with Crippen LogP contribution in [0.2, 0.25) is 0 Å². The number of ether oxygens (including phenoxy) is 1. The molecule has 2 aromatic carbocycles. The lowest BCUT2D eigenvalue weighted by atomic mass is 10.2. The summed E-state index contributed by atoms with van der Waals surface area (Å²) in [5.74, 6) is -1.07. The molecule has 26 heavy (non-hydrogen) atoms. The molecule has 0 spiro atoms. The number of hydrogen-bond donors (Lipinski definition) is 1. The fourth-order valence-corrected chi connectivity index (χ4v) is 3.03. The molecular formula is C17H16N2O6S. The monoisotopic (exact) mass is 376 g/mol. The van der Waals surface area contributed by atoms with E-state index in [0.29, 0.717) is 10.6 Å². The van der Waals surface area contributed by atoms with Gasteiger partial charge in [-0.25, -0.2) is 4.79 Å². The predicted molar refractivity (Wildman–Crippen MR) is 95.4 cm³/mol. The minimum Gasteiger partial charge on any atom is -0.452 e. The molecule has 9 heteroatoms. The van der Waals surface area contributed by atoms with E-state index in [9.17, 15) is 23.9 Å². The Balaban J connectivity index is 2.00. The summed E-state index contributed by atoms with van der Waals surface area (Å²) in [6.07, 6.45) is 0. The van der Waals surface area contributed by atoms with E-state index in [1.54, 1.807) is 25.1 Å². The van der Waals surface area contributed by atoms with Crippen molar-refractivity contribution < 1.29 is 23.5 Å². The van der Waals surface area contributed by atoms with Crippen molar-refractivity contribution in [1.29, 1.82) is 0 Å². The summed E-state index contributed by atoms with van der Waals surface area (Å²) < 4.78 is 16.9. The van der Waals surface area contributed by atoms with Crippen LogP contribution in [-0.2, 0) is 20.3 Å². The molecule has 136 valence electrons. The number of benzene rings is 2. The number of nitro benzene ring substituents is 1. The van der Waals surface area contributed by atoms with E-state index >= 15 is 0 Å². The summed E-state index contributed by atoms with van der Waals surface area (Å²) in [5, 5.41) is 13.1. The predicted octanol–water partition coefficient (Wildman–Crippen LogP) is 2.52. The molecule has 0 bridgehead atoms. The molecule has 2 aromatic rings. The van der Waals surface area contributed by atoms with Gasteiger partial charge in [0.2, 0.25) is 0 Å². The summed E-state index contributed by atoms with van der Waals surface area (Å²) in [7, 11) is -1.34. The van der Waals surface area contributed by atoms with Crippen molar-refractivity contribution in [3.8, 4) is 0 Å². The highest BCUT2D eigenvalue weighted by Gasteiger charge is 2.17. The van der Waals surface area contributed by atoms with Gasteiger partial charge in [0.15, 0.2) is 6.61 Å². The third kappa shape index (κ3) is 4.96. The van der Waals surface area contributed by atoms with E-state index in [-0.39, 0.29) is 16.9 Å². The summed E-state index contributed by atoms with van der Waals surface area (Å²) in [6.45, 7) is 1.15. The van der Waals surface area contributed by atoms with Gasteiger partial charge in [-0.15, -0.1) is 0 Å². The van der Waals surface area contributed by atoms with E-state index in [4.69, 9.17) is 4.74 Å². The third-order valence-corrected chi connectivity index (χ3v) is 4.66. The summed E-state index contributed by atoms with van der Waals surface area (Å²) in [4.78, 5) is 34.5. The topological polar surface area (TPSA) is 116 Å². The lowest BCUT2D eigenvalue weighted by Gasteiger charge is -2.09. The Kier molecular flexibility index (Phi) is 6.56. The van der Waals surface area contributed by atoms with Gasteiger partial charge in [-0.1, -0.05) is 25.1 Å². The molecule has 2 rings (SSSR count). The Morgan fingerprint density at radius 1 is 1.19 bits per heavy atom. The highest BCUT2D eigenvalue weighted by atomic mass is 32.2. The zero-order chi connectivity index (χ0) is 19.1. The number of esters is 1. The number of amides is 1. The van der Waals surface area contributed by atoms with Gasteiger partial charge in [0.25, 0.3) is 11.6 Å². The maximum absolute atomic E-state index is 12.2. The maximum Gasteiger partial charge on any atom is 0.339 e. The van der Waals surface area contributed by atoms with Gasteiger partial charge in [-0.2, -0.15) is 0 Å². The molecular weight excluding hydrogens is 360 g/mol. The van der Waals surface area contributed by atoms with Gasteiger partial charge >= 0.3 is 5.97 Å². The highest BCUT2D eigenvalue weighted by Crippen LogP contribution is 2.17. The second kappa shape index (κ2) is 8.86. The van der Waals surface area contributed by atoms with Gasteiger partial charge in [0, 0.05) is 23.6 Å². The molecule has 0 saturated carbocycles. The quantitative estimate of drug-likeness (QED) is 0.451. The van der Waals surface area contributed by atoms with Gasteiger partial charge in [0.1, 0.15) is 0 Å². The minimum atomic E-state index is -1.34. The number of carbonyl (C=O) groups is 2. The Morgan fingerprint density at radius 2 is 1.92 bits per heavy atom. The van der Waals surface area contributed by atoms with Crippen molar-refractivity contribution in [1.82, 2.24) is 0 Å². The Hall–Kier alpha value is -3.07. The van der Waals surface area contributed by atoms with Crippen molar-refractivity contribution in [3.05, 3.63) is 64.2 Å². The lowest BCUT2D eigenvalue weighted by Crippen LogP contribution is -2.21. The number of carbonyl (C=O) groups excluding carboxylic acids is 2. The van der Waals surface area contributed by atoms with Crippen molar-refractivity contribution >= 4 is 34.1 Å². The number of nitrogens with zero attached hydrogens (tertiary/aromatic N) is 1. The van der Waals surface area contributed by atoms with Crippen molar-refractivity contribution in [2.75, 3.05) is 17.7 Å². The molecule has 0 fully saturated rings. The first-order chi connectivity index (χ1) is 12.4. The largest absolute Gasteiger partial charge is 0.452 e. The zero-order valence-corrected chi connectivity index (χ0v) is 14.7. The molecule has 0 aliphatic heterocycles. The Bertz CT molecular complexity index is 868. The van der Waals surface area contributed by atoms with Crippen LogP contribution in [0.25, 0.3) is 0 Å². The molecule has 1 atom stereocenters. The first-order valence-electron chi connectivity index (χ1n) is 7.61. The fourth-order valence-electron chi connectivity index (χ4n) is 2.09. The molecule has 0 radical (unpaired) electrons. The van der Waals surface area contributed by atoms with Crippen LogP contribution < -0.4 is 5.32 Å². The maximum atomic E-state index is 12.2. The molecule has 8 nitrogen and oxygen atoms in total. The van der Waals surface area contributed by atoms with E-state index in [1.807, 2.05) is 0 Å². The molecule has 0 aromatic heterocycles. The second-order valence-electron chi connectivity index (χ2n) is 5.06. The first kappa shape index (κ1) is 19.3. The average Bonchev–Trinajstić information content (AvgIpc) is 2.65. The van der Waals surface area contributed by atoms with Crippen LogP contribution >= 0.6 is 0 Å². The summed E-state index contributed by atoms with van der Waals surface area (Å²) in [5.41, 5.74) is 0.180. The Morgan fingerprint density at radius 3 is 2.62 bits per heavy atom. The van der Waals surface area contributed by atoms with Gasteiger partial charge in [-0.3, -0.25) is 19.1 Å². The van der Waals surface area contributed by atoms with Gasteiger partial charge in [-0.05, 0) is 18.2 Å². The van der Waals surface area contributed by atoms with E-state index in [0.717, 1.165) is 0 Å². The van der Waals surface area contributed by atoms with Crippen LogP contribution in [0.15, 0.2) is 53.4 Å². The number of anilines is 1. The van der Waals surface area contributed by atoms with Crippen LogP contribution in [0.3, 0.4) is 0 Å². The number of non-ortho nitro benzene ring substituents is 1. The van der Waals surface area contributed by atoms with E-state index in [1.165, 1.54) is 30.3 Å².